The highest BCUT2D eigenvalue weighted by Gasteiger charge is 2.04. The lowest BCUT2D eigenvalue weighted by molar-refractivity contribution is -0.107. The molecule has 1 rings (SSSR count). The fourth-order valence-electron chi connectivity index (χ4n) is 0.808. The van der Waals surface area contributed by atoms with Crippen LogP contribution in [0.25, 0.3) is 0 Å². The molecule has 64 valence electrons. The van der Waals surface area contributed by atoms with Crippen LogP contribution in [0.3, 0.4) is 0 Å². The van der Waals surface area contributed by atoms with Gasteiger partial charge in [-0.25, -0.2) is 4.79 Å². The van der Waals surface area contributed by atoms with Crippen LogP contribution in [0.4, 0.5) is 9.80 Å². The first-order valence-electron chi connectivity index (χ1n) is 3.30. The Hall–Kier alpha value is -1.36. The topological polar surface area (TPSA) is 72.2 Å². The Kier molecular flexibility index (Phi) is 2.82. The molecule has 0 aliphatic carbocycles. The minimum Gasteiger partial charge on any atom is -0.351 e. The number of carbonyl (C=O) groups is 2. The van der Waals surface area contributed by atoms with Crippen LogP contribution in [0.15, 0.2) is 11.4 Å². The van der Waals surface area contributed by atoms with E-state index in [2.05, 4.69) is 5.32 Å². The van der Waals surface area contributed by atoms with Crippen molar-refractivity contribution < 1.29 is 9.59 Å². The molecule has 1 aromatic rings. The minimum absolute atomic E-state index is 0.305. The van der Waals surface area contributed by atoms with Crippen LogP contribution in [0.2, 0.25) is 0 Å². The van der Waals surface area contributed by atoms with Crippen molar-refractivity contribution in [2.24, 2.45) is 5.73 Å². The van der Waals surface area contributed by atoms with Crippen molar-refractivity contribution in [2.45, 2.75) is 6.42 Å². The van der Waals surface area contributed by atoms with Gasteiger partial charge in [-0.2, -0.15) is 0 Å². The van der Waals surface area contributed by atoms with E-state index in [-0.39, 0.29) is 0 Å². The third-order valence-electron chi connectivity index (χ3n) is 1.29. The average Bonchev–Trinajstić information content (AvgIpc) is 2.37. The van der Waals surface area contributed by atoms with Gasteiger partial charge >= 0.3 is 6.03 Å². The summed E-state index contributed by atoms with van der Waals surface area (Å²) in [6.45, 7) is 0. The molecule has 0 saturated carbocycles. The van der Waals surface area contributed by atoms with E-state index in [4.69, 9.17) is 5.73 Å². The summed E-state index contributed by atoms with van der Waals surface area (Å²) in [4.78, 5) is 20.6. The lowest BCUT2D eigenvalue weighted by Gasteiger charge is -1.99. The van der Waals surface area contributed by atoms with Crippen LogP contribution in [0.1, 0.15) is 5.56 Å². The average molecular weight is 184 g/mol. The Balaban J connectivity index is 2.76. The second kappa shape index (κ2) is 3.87. The molecule has 0 radical (unpaired) electrons. The van der Waals surface area contributed by atoms with E-state index in [9.17, 15) is 9.59 Å². The maximum absolute atomic E-state index is 10.5. The predicted octanol–water partition coefficient (Wildman–Crippen LogP) is 0.980. The summed E-state index contributed by atoms with van der Waals surface area (Å²) in [5, 5.41) is 4.88. The summed E-state index contributed by atoms with van der Waals surface area (Å²) >= 11 is 1.35. The van der Waals surface area contributed by atoms with Crippen molar-refractivity contribution in [3.8, 4) is 0 Å². The van der Waals surface area contributed by atoms with Gasteiger partial charge in [-0.15, -0.1) is 11.3 Å². The van der Waals surface area contributed by atoms with Gasteiger partial charge in [0, 0.05) is 6.42 Å². The van der Waals surface area contributed by atoms with Crippen molar-refractivity contribution in [1.82, 2.24) is 0 Å². The number of carbonyl (C=O) groups excluding carboxylic acids is 2. The molecule has 0 atom stereocenters. The highest BCUT2D eigenvalue weighted by molar-refractivity contribution is 7.14. The molecule has 0 spiro atoms. The molecule has 0 aliphatic rings. The number of anilines is 1. The third-order valence-corrected chi connectivity index (χ3v) is 2.16. The van der Waals surface area contributed by atoms with Gasteiger partial charge in [-0.05, 0) is 17.0 Å². The number of nitrogens with one attached hydrogen (secondary N) is 1. The molecular formula is C7H8N2O2S. The molecule has 12 heavy (non-hydrogen) atoms. The van der Waals surface area contributed by atoms with Gasteiger partial charge in [0.1, 0.15) is 6.29 Å². The largest absolute Gasteiger partial charge is 0.351 e. The normalized spacial score (nSPS) is 9.33. The van der Waals surface area contributed by atoms with E-state index in [0.717, 1.165) is 11.8 Å². The van der Waals surface area contributed by atoms with E-state index >= 15 is 0 Å². The first-order chi connectivity index (χ1) is 5.74. The zero-order valence-corrected chi connectivity index (χ0v) is 7.06. The van der Waals surface area contributed by atoms with Gasteiger partial charge in [0.25, 0.3) is 0 Å². The Morgan fingerprint density at radius 3 is 3.08 bits per heavy atom. The minimum atomic E-state index is -0.607. The smallest absolute Gasteiger partial charge is 0.317 e. The molecule has 3 N–H and O–H groups in total. The lowest BCUT2D eigenvalue weighted by Crippen LogP contribution is -2.19. The highest BCUT2D eigenvalue weighted by atomic mass is 32.1. The Morgan fingerprint density at radius 1 is 1.75 bits per heavy atom. The summed E-state index contributed by atoms with van der Waals surface area (Å²) in [5.74, 6) is 0. The van der Waals surface area contributed by atoms with Crippen molar-refractivity contribution in [3.05, 3.63) is 17.0 Å². The molecule has 1 aromatic heterocycles. The maximum Gasteiger partial charge on any atom is 0.317 e. The molecule has 0 saturated heterocycles. The summed E-state index contributed by atoms with van der Waals surface area (Å²) in [5.41, 5.74) is 5.72. The van der Waals surface area contributed by atoms with E-state index in [1.54, 1.807) is 11.4 Å². The Labute approximate surface area is 73.4 Å². The molecule has 0 aliphatic heterocycles. The van der Waals surface area contributed by atoms with Gasteiger partial charge in [-0.3, -0.25) is 5.32 Å². The van der Waals surface area contributed by atoms with Gasteiger partial charge in [0.2, 0.25) is 0 Å². The maximum atomic E-state index is 10.5. The van der Waals surface area contributed by atoms with Crippen LogP contribution in [0, 0.1) is 0 Å². The molecule has 5 heteroatoms. The molecule has 0 fully saturated rings. The molecule has 4 nitrogen and oxygen atoms in total. The van der Waals surface area contributed by atoms with Crippen molar-refractivity contribution in [3.63, 3.8) is 0 Å². The van der Waals surface area contributed by atoms with E-state index in [0.29, 0.717) is 11.4 Å². The predicted molar refractivity (Wildman–Crippen MR) is 47.3 cm³/mol. The number of thiophene rings is 1. The summed E-state index contributed by atoms with van der Waals surface area (Å²) < 4.78 is 0. The zero-order chi connectivity index (χ0) is 8.97. The summed E-state index contributed by atoms with van der Waals surface area (Å²) in [7, 11) is 0. The molecule has 1 heterocycles. The van der Waals surface area contributed by atoms with Crippen LogP contribution in [-0.2, 0) is 11.2 Å². The number of primary amides is 1. The fourth-order valence-corrected chi connectivity index (χ4v) is 1.64. The summed E-state index contributed by atoms with van der Waals surface area (Å²) in [6, 6.07) is 1.18. The van der Waals surface area contributed by atoms with Crippen LogP contribution in [-0.4, -0.2) is 12.3 Å². The van der Waals surface area contributed by atoms with Crippen LogP contribution < -0.4 is 11.1 Å². The number of nitrogens with two attached hydrogens (primary N) is 1. The number of amides is 2. The molecule has 0 aromatic carbocycles. The van der Waals surface area contributed by atoms with E-state index in [1.165, 1.54) is 11.3 Å². The van der Waals surface area contributed by atoms with Crippen LogP contribution >= 0.6 is 11.3 Å². The van der Waals surface area contributed by atoms with E-state index < -0.39 is 6.03 Å². The van der Waals surface area contributed by atoms with Gasteiger partial charge in [-0.1, -0.05) is 0 Å². The first kappa shape index (κ1) is 8.73. The highest BCUT2D eigenvalue weighted by Crippen LogP contribution is 2.22. The summed E-state index contributed by atoms with van der Waals surface area (Å²) in [6.07, 6.45) is 1.09. The third kappa shape index (κ3) is 2.06. The Morgan fingerprint density at radius 2 is 2.50 bits per heavy atom. The van der Waals surface area contributed by atoms with Gasteiger partial charge < -0.3 is 10.5 Å². The number of hydrogen-bond donors (Lipinski definition) is 2. The Bertz CT molecular complexity index is 295. The number of rotatable bonds is 3. The second-order valence-electron chi connectivity index (χ2n) is 2.14. The zero-order valence-electron chi connectivity index (χ0n) is 6.24. The SMILES string of the molecule is NC(=O)Nc1sccc1CC=O. The molecular weight excluding hydrogens is 176 g/mol. The number of aldehydes is 1. The van der Waals surface area contributed by atoms with E-state index in [1.807, 2.05) is 0 Å². The number of hydrogen-bond acceptors (Lipinski definition) is 3. The number of urea groups is 1. The monoisotopic (exact) mass is 184 g/mol. The van der Waals surface area contributed by atoms with Gasteiger partial charge in [0.15, 0.2) is 0 Å². The first-order valence-corrected chi connectivity index (χ1v) is 4.18. The van der Waals surface area contributed by atoms with Crippen molar-refractivity contribution in [1.29, 1.82) is 0 Å². The quantitative estimate of drug-likeness (QED) is 0.687. The standard InChI is InChI=1S/C7H8N2O2S/c8-7(11)9-6-5(1-3-10)2-4-12-6/h2-4H,1H2,(H3,8,9,11). The second-order valence-corrected chi connectivity index (χ2v) is 3.05. The molecule has 0 bridgehead atoms. The fraction of sp³-hybridized carbons (Fsp3) is 0.143. The molecule has 2 amide bonds. The molecule has 0 unspecified atom stereocenters. The van der Waals surface area contributed by atoms with Gasteiger partial charge in [0.05, 0.1) is 5.00 Å². The van der Waals surface area contributed by atoms with Crippen molar-refractivity contribution in [2.75, 3.05) is 5.32 Å². The lowest BCUT2D eigenvalue weighted by atomic mass is 10.2. The van der Waals surface area contributed by atoms with Crippen LogP contribution in [0.5, 0.6) is 0 Å². The van der Waals surface area contributed by atoms with Crippen molar-refractivity contribution >= 4 is 28.7 Å².